The van der Waals surface area contributed by atoms with E-state index in [1.807, 2.05) is 43.3 Å². The van der Waals surface area contributed by atoms with Crippen molar-refractivity contribution in [3.8, 4) is 0 Å². The van der Waals surface area contributed by atoms with Crippen LogP contribution in [0.15, 0.2) is 42.5 Å². The van der Waals surface area contributed by atoms with Crippen LogP contribution in [0.2, 0.25) is 0 Å². The Morgan fingerprint density at radius 2 is 2.09 bits per heavy atom. The molecule has 4 heteroatoms. The lowest BCUT2D eigenvalue weighted by Crippen LogP contribution is -2.40. The molecule has 2 aliphatic rings. The summed E-state index contributed by atoms with van der Waals surface area (Å²) in [5.74, 6) is 0.100. The van der Waals surface area contributed by atoms with Gasteiger partial charge in [-0.05, 0) is 12.5 Å². The van der Waals surface area contributed by atoms with Crippen LogP contribution in [0.4, 0.5) is 0 Å². The van der Waals surface area contributed by atoms with Gasteiger partial charge in [0.2, 0.25) is 0 Å². The van der Waals surface area contributed by atoms with Crippen molar-refractivity contribution in [2.75, 3.05) is 6.61 Å². The summed E-state index contributed by atoms with van der Waals surface area (Å²) in [5, 5.41) is 0. The van der Waals surface area contributed by atoms with Crippen LogP contribution < -0.4 is 0 Å². The summed E-state index contributed by atoms with van der Waals surface area (Å²) in [5.41, 5.74) is 1.02. The number of benzene rings is 1. The van der Waals surface area contributed by atoms with Crippen LogP contribution in [0.3, 0.4) is 0 Å². The Morgan fingerprint density at radius 3 is 2.86 bits per heavy atom. The highest BCUT2D eigenvalue weighted by molar-refractivity contribution is 5.69. The van der Waals surface area contributed by atoms with E-state index in [1.165, 1.54) is 0 Å². The maximum atomic E-state index is 11.6. The molecule has 1 saturated heterocycles. The van der Waals surface area contributed by atoms with Crippen molar-refractivity contribution in [3.05, 3.63) is 48.0 Å². The largest absolute Gasteiger partial charge is 0.458 e. The molecule has 3 rings (SSSR count). The van der Waals surface area contributed by atoms with E-state index in [4.69, 9.17) is 14.2 Å². The average Bonchev–Trinajstić information content (AvgIpc) is 2.55. The molecule has 0 aromatic heterocycles. The zero-order chi connectivity index (χ0) is 15.4. The molecule has 118 valence electrons. The second-order valence-electron chi connectivity index (χ2n) is 5.81. The zero-order valence-electron chi connectivity index (χ0n) is 12.8. The van der Waals surface area contributed by atoms with Crippen LogP contribution in [0.5, 0.6) is 0 Å². The summed E-state index contributed by atoms with van der Waals surface area (Å²) in [6, 6.07) is 9.93. The molecule has 0 spiro atoms. The molecule has 0 N–H and O–H groups in total. The lowest BCUT2D eigenvalue weighted by atomic mass is 9.90. The van der Waals surface area contributed by atoms with Gasteiger partial charge in [-0.15, -0.1) is 0 Å². The number of carbonyl (C=O) groups excluding carboxylic acids is 1. The van der Waals surface area contributed by atoms with Gasteiger partial charge in [0.1, 0.15) is 6.10 Å². The summed E-state index contributed by atoms with van der Waals surface area (Å²) in [6.07, 6.45) is 5.50. The van der Waals surface area contributed by atoms with Gasteiger partial charge in [0.05, 0.1) is 12.7 Å². The van der Waals surface area contributed by atoms with Gasteiger partial charge in [-0.1, -0.05) is 43.3 Å². The molecule has 4 nitrogen and oxygen atoms in total. The van der Waals surface area contributed by atoms with Gasteiger partial charge in [0.25, 0.3) is 0 Å². The first-order chi connectivity index (χ1) is 10.8. The minimum Gasteiger partial charge on any atom is -0.458 e. The van der Waals surface area contributed by atoms with E-state index in [0.29, 0.717) is 19.4 Å². The predicted octanol–water partition coefficient (Wildman–Crippen LogP) is 3.39. The fourth-order valence-corrected chi connectivity index (χ4v) is 2.89. The number of hydrogen-bond acceptors (Lipinski definition) is 4. The van der Waals surface area contributed by atoms with E-state index in [1.54, 1.807) is 0 Å². The third-order valence-corrected chi connectivity index (χ3v) is 4.06. The molecule has 1 heterocycles. The Hall–Kier alpha value is -1.65. The smallest absolute Gasteiger partial charge is 0.306 e. The Morgan fingerprint density at radius 1 is 1.27 bits per heavy atom. The minimum absolute atomic E-state index is 0.0309. The minimum atomic E-state index is -0.332. The molecule has 1 aromatic carbocycles. The molecule has 1 aromatic rings. The van der Waals surface area contributed by atoms with Crippen LogP contribution in [0.1, 0.15) is 38.0 Å². The average molecular weight is 302 g/mol. The summed E-state index contributed by atoms with van der Waals surface area (Å²) in [7, 11) is 0. The molecule has 0 saturated carbocycles. The predicted molar refractivity (Wildman–Crippen MR) is 82.0 cm³/mol. The quantitative estimate of drug-likeness (QED) is 0.632. The van der Waals surface area contributed by atoms with Crippen molar-refractivity contribution >= 4 is 5.97 Å². The Labute approximate surface area is 131 Å². The summed E-state index contributed by atoms with van der Waals surface area (Å²) in [4.78, 5) is 11.6. The maximum Gasteiger partial charge on any atom is 0.306 e. The fourth-order valence-electron chi connectivity index (χ4n) is 2.89. The molecule has 0 amide bonds. The lowest BCUT2D eigenvalue weighted by Gasteiger charge is -2.38. The van der Waals surface area contributed by atoms with E-state index in [-0.39, 0.29) is 30.4 Å². The van der Waals surface area contributed by atoms with Gasteiger partial charge in [-0.25, -0.2) is 0 Å². The van der Waals surface area contributed by atoms with Gasteiger partial charge in [-0.3, -0.25) is 4.79 Å². The first-order valence-electron chi connectivity index (χ1n) is 7.96. The van der Waals surface area contributed by atoms with Crippen molar-refractivity contribution < 1.29 is 19.0 Å². The van der Waals surface area contributed by atoms with Crippen molar-refractivity contribution in [1.29, 1.82) is 0 Å². The lowest BCUT2D eigenvalue weighted by molar-refractivity contribution is -0.240. The van der Waals surface area contributed by atoms with Gasteiger partial charge in [0.15, 0.2) is 6.29 Å². The van der Waals surface area contributed by atoms with Gasteiger partial charge < -0.3 is 14.2 Å². The zero-order valence-corrected chi connectivity index (χ0v) is 12.8. The van der Waals surface area contributed by atoms with E-state index < -0.39 is 0 Å². The number of ether oxygens (including phenoxy) is 3. The highest BCUT2D eigenvalue weighted by Crippen LogP contribution is 2.34. The van der Waals surface area contributed by atoms with E-state index in [0.717, 1.165) is 12.0 Å². The highest BCUT2D eigenvalue weighted by atomic mass is 16.7. The van der Waals surface area contributed by atoms with Gasteiger partial charge in [-0.2, -0.15) is 0 Å². The van der Waals surface area contributed by atoms with Crippen LogP contribution >= 0.6 is 0 Å². The molecule has 0 bridgehead atoms. The number of esters is 1. The normalized spacial score (nSPS) is 30.6. The molecule has 22 heavy (non-hydrogen) atoms. The van der Waals surface area contributed by atoms with Crippen molar-refractivity contribution in [1.82, 2.24) is 0 Å². The fraction of sp³-hybridized carbons (Fsp3) is 0.500. The van der Waals surface area contributed by atoms with E-state index in [9.17, 15) is 4.79 Å². The Balaban J connectivity index is 1.61. The molecule has 1 fully saturated rings. The summed E-state index contributed by atoms with van der Waals surface area (Å²) >= 11 is 0. The van der Waals surface area contributed by atoms with Gasteiger partial charge >= 0.3 is 5.97 Å². The monoisotopic (exact) mass is 302 g/mol. The molecular formula is C18H22O4. The maximum absolute atomic E-state index is 11.6. The molecule has 4 atom stereocenters. The topological polar surface area (TPSA) is 44.8 Å². The molecular weight excluding hydrogens is 280 g/mol. The second kappa shape index (κ2) is 7.07. The van der Waals surface area contributed by atoms with E-state index in [2.05, 4.69) is 6.08 Å². The molecule has 0 radical (unpaired) electrons. The first-order valence-corrected chi connectivity index (χ1v) is 7.96. The number of carbonyl (C=O) groups is 1. The van der Waals surface area contributed by atoms with Crippen LogP contribution in [0, 0.1) is 5.92 Å². The summed E-state index contributed by atoms with van der Waals surface area (Å²) in [6.45, 7) is 2.61. The molecule has 1 aliphatic heterocycles. The van der Waals surface area contributed by atoms with Crippen LogP contribution in [0.25, 0.3) is 0 Å². The van der Waals surface area contributed by atoms with Crippen molar-refractivity contribution in [2.24, 2.45) is 5.92 Å². The number of fused-ring (bicyclic) bond motifs is 1. The Bertz CT molecular complexity index is 525. The molecule has 1 aliphatic carbocycles. The first kappa shape index (κ1) is 15.3. The molecule has 1 unspecified atom stereocenters. The number of rotatable bonds is 4. The Kier molecular flexibility index (Phi) is 4.90. The van der Waals surface area contributed by atoms with Gasteiger partial charge in [0, 0.05) is 24.3 Å². The summed E-state index contributed by atoms with van der Waals surface area (Å²) < 4.78 is 17.4. The number of hydrogen-bond donors (Lipinski definition) is 0. The SMILES string of the molecule is CCCC(=O)O[C@H]1C=C[C@@H]2COC(c3ccccc3)O[C@H]2C1. The third-order valence-electron chi connectivity index (χ3n) is 4.06. The van der Waals surface area contributed by atoms with Crippen molar-refractivity contribution in [2.45, 2.75) is 44.7 Å². The second-order valence-corrected chi connectivity index (χ2v) is 5.81. The van der Waals surface area contributed by atoms with Crippen LogP contribution in [-0.4, -0.2) is 24.8 Å². The van der Waals surface area contributed by atoms with Crippen LogP contribution in [-0.2, 0) is 19.0 Å². The highest BCUT2D eigenvalue weighted by Gasteiger charge is 2.36. The third kappa shape index (κ3) is 3.57. The standard InChI is InChI=1S/C18H22O4/c1-2-6-17(19)21-15-10-9-14-12-20-18(22-16(14)11-15)13-7-4-3-5-8-13/h3-5,7-10,14-16,18H,2,6,11-12H2,1H3/t14-,15+,16+,18?/m1/s1. The van der Waals surface area contributed by atoms with Crippen molar-refractivity contribution in [3.63, 3.8) is 0 Å². The van der Waals surface area contributed by atoms with E-state index >= 15 is 0 Å².